The molecule has 1 saturated heterocycles. The second-order valence-electron chi connectivity index (χ2n) is 11.1. The first-order chi connectivity index (χ1) is 18.3. The molecule has 206 valence electrons. The number of allylic oxidation sites excluding steroid dienone is 4. The number of amides is 1. The number of carbonyl (C=O) groups is 2. The van der Waals surface area contributed by atoms with E-state index in [0.29, 0.717) is 12.3 Å². The zero-order chi connectivity index (χ0) is 27.4. The Bertz CT molecular complexity index is 1200. The number of hydrogen-bond acceptors (Lipinski definition) is 2. The smallest absolute Gasteiger partial charge is 0.306 e. The fraction of sp³-hybridized carbons (Fsp3) is 0.562. The number of benzene rings is 1. The van der Waals surface area contributed by atoms with Crippen molar-refractivity contribution in [3.63, 3.8) is 0 Å². The highest BCUT2D eigenvalue weighted by molar-refractivity contribution is 5.96. The molecule has 2 N–H and O–H groups in total. The van der Waals surface area contributed by atoms with Gasteiger partial charge in [-0.3, -0.25) is 9.59 Å². The molecule has 0 spiro atoms. The Morgan fingerprint density at radius 3 is 2.58 bits per heavy atom. The van der Waals surface area contributed by atoms with Crippen molar-refractivity contribution in [3.8, 4) is 0 Å². The molecule has 3 fully saturated rings. The van der Waals surface area contributed by atoms with Gasteiger partial charge in [0, 0.05) is 36.1 Å². The minimum Gasteiger partial charge on any atom is -0.481 e. The molecule has 0 bridgehead atoms. The van der Waals surface area contributed by atoms with Crippen molar-refractivity contribution in [3.05, 3.63) is 53.5 Å². The number of nitrogens with one attached hydrogen (secondary N) is 1. The topological polar surface area (TPSA) is 73.4 Å². The third-order valence-electron chi connectivity index (χ3n) is 8.57. The minimum atomic E-state index is -0.712. The summed E-state index contributed by atoms with van der Waals surface area (Å²) in [5, 5.41) is 10.8. The van der Waals surface area contributed by atoms with Crippen molar-refractivity contribution in [2.45, 2.75) is 91.0 Å². The number of aromatic nitrogens is 1. The number of carboxylic acid groups (broad SMARTS) is 1. The Hall–Kier alpha value is -2.89. The number of likely N-dealkylation sites (tertiary alicyclic amines) is 1. The van der Waals surface area contributed by atoms with Crippen LogP contribution >= 0.6 is 0 Å². The molecule has 5 nitrogen and oxygen atoms in total. The molecule has 6 heteroatoms. The molecule has 2 saturated carbocycles. The van der Waals surface area contributed by atoms with Crippen LogP contribution in [-0.2, 0) is 9.59 Å². The van der Waals surface area contributed by atoms with E-state index in [1.807, 2.05) is 37.1 Å². The lowest BCUT2D eigenvalue weighted by molar-refractivity contribution is -0.152. The number of carbonyl (C=O) groups excluding carboxylic acids is 1. The normalized spacial score (nSPS) is 24.9. The van der Waals surface area contributed by atoms with Gasteiger partial charge in [-0.25, -0.2) is 4.39 Å². The first-order valence-corrected chi connectivity index (χ1v) is 14.5. The Morgan fingerprint density at radius 2 is 1.89 bits per heavy atom. The van der Waals surface area contributed by atoms with E-state index in [0.717, 1.165) is 79.1 Å². The van der Waals surface area contributed by atoms with E-state index in [-0.39, 0.29) is 35.5 Å². The van der Waals surface area contributed by atoms with Gasteiger partial charge in [0.1, 0.15) is 0 Å². The third-order valence-corrected chi connectivity index (χ3v) is 8.57. The predicted octanol–water partition coefficient (Wildman–Crippen LogP) is 7.85. The van der Waals surface area contributed by atoms with E-state index in [1.165, 1.54) is 6.92 Å². The second kappa shape index (κ2) is 12.3. The maximum atomic E-state index is 13.6. The molecule has 1 aliphatic heterocycles. The van der Waals surface area contributed by atoms with Crippen LogP contribution in [0.5, 0.6) is 0 Å². The highest BCUT2D eigenvalue weighted by Crippen LogP contribution is 2.46. The van der Waals surface area contributed by atoms with Crippen LogP contribution in [0.4, 0.5) is 4.39 Å². The van der Waals surface area contributed by atoms with Crippen molar-refractivity contribution in [2.75, 3.05) is 6.54 Å². The largest absolute Gasteiger partial charge is 0.481 e. The number of aromatic amines is 1. The molecule has 0 radical (unpaired) electrons. The van der Waals surface area contributed by atoms with Gasteiger partial charge in [-0.05, 0) is 92.0 Å². The van der Waals surface area contributed by atoms with Gasteiger partial charge in [0.2, 0.25) is 5.91 Å². The van der Waals surface area contributed by atoms with E-state index in [1.54, 1.807) is 6.08 Å². The Kier molecular flexibility index (Phi) is 9.11. The van der Waals surface area contributed by atoms with E-state index in [2.05, 4.69) is 24.0 Å². The summed E-state index contributed by atoms with van der Waals surface area (Å²) in [6, 6.07) is 6.25. The quantitative estimate of drug-likeness (QED) is 0.364. The summed E-state index contributed by atoms with van der Waals surface area (Å²) in [5.74, 6) is -0.596. The molecular weight excluding hydrogens is 479 g/mol. The molecule has 4 atom stereocenters. The number of fused-ring (bicyclic) bond motifs is 2. The Labute approximate surface area is 226 Å². The summed E-state index contributed by atoms with van der Waals surface area (Å²) < 4.78 is 13.6. The summed E-state index contributed by atoms with van der Waals surface area (Å²) in [6.45, 7) is 8.29. The molecule has 1 amide bonds. The molecule has 2 heterocycles. The molecule has 1 aromatic heterocycles. The number of H-pyrrole nitrogens is 1. The van der Waals surface area contributed by atoms with Gasteiger partial charge in [0.05, 0.1) is 11.7 Å². The SMILES string of the molecule is C/C(F)=C\C=C(\c1cccc2[nH]cc(C(C)CC(=O)N3CCCC4C(C(=O)O)CCCC43)c12)C1CC1.CC. The van der Waals surface area contributed by atoms with Gasteiger partial charge in [0.25, 0.3) is 0 Å². The van der Waals surface area contributed by atoms with Crippen molar-refractivity contribution >= 4 is 28.4 Å². The number of carboxylic acids is 1. The Balaban J connectivity index is 0.00000164. The highest BCUT2D eigenvalue weighted by Gasteiger charge is 2.43. The maximum Gasteiger partial charge on any atom is 0.306 e. The fourth-order valence-electron chi connectivity index (χ4n) is 6.68. The zero-order valence-electron chi connectivity index (χ0n) is 23.3. The lowest BCUT2D eigenvalue weighted by Gasteiger charge is -2.46. The van der Waals surface area contributed by atoms with Crippen LogP contribution in [0.1, 0.15) is 96.1 Å². The van der Waals surface area contributed by atoms with Crippen LogP contribution in [0.3, 0.4) is 0 Å². The average Bonchev–Trinajstić information content (AvgIpc) is 3.66. The van der Waals surface area contributed by atoms with Crippen LogP contribution in [0, 0.1) is 17.8 Å². The average molecular weight is 523 g/mol. The Morgan fingerprint density at radius 1 is 1.13 bits per heavy atom. The van der Waals surface area contributed by atoms with E-state index in [9.17, 15) is 19.1 Å². The summed E-state index contributed by atoms with van der Waals surface area (Å²) >= 11 is 0. The second-order valence-corrected chi connectivity index (χ2v) is 11.1. The van der Waals surface area contributed by atoms with Gasteiger partial charge in [0.15, 0.2) is 0 Å². The lowest BCUT2D eigenvalue weighted by atomic mass is 9.71. The van der Waals surface area contributed by atoms with Crippen LogP contribution in [0.15, 0.2) is 42.4 Å². The fourth-order valence-corrected chi connectivity index (χ4v) is 6.68. The van der Waals surface area contributed by atoms with Crippen molar-refractivity contribution in [1.82, 2.24) is 9.88 Å². The van der Waals surface area contributed by atoms with Crippen molar-refractivity contribution < 1.29 is 19.1 Å². The van der Waals surface area contributed by atoms with Crippen LogP contribution < -0.4 is 0 Å². The summed E-state index contributed by atoms with van der Waals surface area (Å²) in [4.78, 5) is 30.8. The first kappa shape index (κ1) is 28.1. The van der Waals surface area contributed by atoms with Gasteiger partial charge in [-0.2, -0.15) is 0 Å². The molecule has 2 aromatic rings. The van der Waals surface area contributed by atoms with Crippen LogP contribution in [0.25, 0.3) is 16.5 Å². The van der Waals surface area contributed by atoms with Gasteiger partial charge in [-0.15, -0.1) is 0 Å². The van der Waals surface area contributed by atoms with E-state index in [4.69, 9.17) is 0 Å². The maximum absolute atomic E-state index is 13.6. The molecule has 38 heavy (non-hydrogen) atoms. The number of aliphatic carboxylic acids is 1. The predicted molar refractivity (Wildman–Crippen MR) is 151 cm³/mol. The van der Waals surface area contributed by atoms with Crippen molar-refractivity contribution in [1.29, 1.82) is 0 Å². The highest BCUT2D eigenvalue weighted by atomic mass is 19.1. The summed E-state index contributed by atoms with van der Waals surface area (Å²) in [5.41, 5.74) is 4.43. The van der Waals surface area contributed by atoms with Gasteiger partial charge >= 0.3 is 5.97 Å². The van der Waals surface area contributed by atoms with Gasteiger partial charge in [-0.1, -0.05) is 45.4 Å². The van der Waals surface area contributed by atoms with Gasteiger partial charge < -0.3 is 15.0 Å². The first-order valence-electron chi connectivity index (χ1n) is 14.5. The van der Waals surface area contributed by atoms with E-state index < -0.39 is 5.97 Å². The molecule has 5 rings (SSSR count). The summed E-state index contributed by atoms with van der Waals surface area (Å²) in [6.07, 6.45) is 12.4. The molecule has 2 aliphatic carbocycles. The third kappa shape index (κ3) is 5.89. The number of nitrogens with zero attached hydrogens (tertiary/aromatic N) is 1. The molecule has 3 aliphatic rings. The number of hydrogen-bond donors (Lipinski definition) is 2. The van der Waals surface area contributed by atoms with Crippen molar-refractivity contribution in [2.24, 2.45) is 17.8 Å². The standard InChI is InChI=1S/C30H37FN2O3.C2H6/c1-18(16-28(34)33-15-5-8-22-24(30(35)36)7-4-10-27(22)33)25-17-32-26-9-3-6-23(29(25)26)21(20-12-13-20)14-11-19(2)31;1-2/h3,6,9,11,14,17-18,20,22,24,27,32H,4-5,7-8,10,12-13,15-16H2,1-2H3,(H,35,36);1-2H3/b19-11+,21-14+;. The molecular formula is C32H43FN2O3. The number of halogens is 1. The van der Waals surface area contributed by atoms with E-state index >= 15 is 0 Å². The van der Waals surface area contributed by atoms with Crippen LogP contribution in [0.2, 0.25) is 0 Å². The molecule has 1 aromatic carbocycles. The summed E-state index contributed by atoms with van der Waals surface area (Å²) in [7, 11) is 0. The molecule has 4 unspecified atom stereocenters. The zero-order valence-corrected chi connectivity index (χ0v) is 23.3. The number of piperidine rings is 1. The monoisotopic (exact) mass is 522 g/mol. The lowest BCUT2D eigenvalue weighted by Crippen LogP contribution is -2.53. The minimum absolute atomic E-state index is 0.00513. The number of rotatable bonds is 7. The van der Waals surface area contributed by atoms with Crippen LogP contribution in [-0.4, -0.2) is 39.5 Å².